The number of thiazole rings is 1. The van der Waals surface area contributed by atoms with Crippen LogP contribution in [-0.2, 0) is 6.42 Å². The predicted octanol–water partition coefficient (Wildman–Crippen LogP) is 3.57. The molecule has 0 bridgehead atoms. The van der Waals surface area contributed by atoms with Crippen LogP contribution in [0.15, 0.2) is 12.4 Å². The SMILES string of the molecule is CCNC1CCCc2sc(-c3cnn(C(C)C)c3)nc21. The summed E-state index contributed by atoms with van der Waals surface area (Å²) >= 11 is 1.84. The summed E-state index contributed by atoms with van der Waals surface area (Å²) in [6.45, 7) is 7.45. The highest BCUT2D eigenvalue weighted by Crippen LogP contribution is 2.37. The van der Waals surface area contributed by atoms with Crippen LogP contribution in [0, 0.1) is 0 Å². The number of fused-ring (bicyclic) bond motifs is 1. The van der Waals surface area contributed by atoms with Crippen molar-refractivity contribution in [1.82, 2.24) is 20.1 Å². The lowest BCUT2D eigenvalue weighted by atomic mass is 9.98. The summed E-state index contributed by atoms with van der Waals surface area (Å²) in [6.07, 6.45) is 7.68. The summed E-state index contributed by atoms with van der Waals surface area (Å²) < 4.78 is 2.00. The van der Waals surface area contributed by atoms with Gasteiger partial charge in [0.25, 0.3) is 0 Å². The van der Waals surface area contributed by atoms with Gasteiger partial charge in [0, 0.05) is 22.7 Å². The highest BCUT2D eigenvalue weighted by atomic mass is 32.1. The van der Waals surface area contributed by atoms with Gasteiger partial charge in [0.05, 0.1) is 17.9 Å². The van der Waals surface area contributed by atoms with Crippen molar-refractivity contribution in [3.63, 3.8) is 0 Å². The molecule has 1 unspecified atom stereocenters. The number of rotatable bonds is 4. The van der Waals surface area contributed by atoms with Gasteiger partial charge in [-0.25, -0.2) is 4.98 Å². The molecule has 20 heavy (non-hydrogen) atoms. The molecule has 1 aliphatic carbocycles. The van der Waals surface area contributed by atoms with E-state index in [9.17, 15) is 0 Å². The van der Waals surface area contributed by atoms with Gasteiger partial charge >= 0.3 is 0 Å². The molecule has 1 aliphatic rings. The van der Waals surface area contributed by atoms with Gasteiger partial charge in [-0.2, -0.15) is 5.10 Å². The maximum Gasteiger partial charge on any atom is 0.127 e. The molecule has 0 saturated carbocycles. The molecule has 4 nitrogen and oxygen atoms in total. The van der Waals surface area contributed by atoms with Gasteiger partial charge < -0.3 is 5.32 Å². The smallest absolute Gasteiger partial charge is 0.127 e. The first-order chi connectivity index (χ1) is 9.69. The molecule has 0 aliphatic heterocycles. The summed E-state index contributed by atoms with van der Waals surface area (Å²) in [5.74, 6) is 0. The standard InChI is InChI=1S/C15H22N4S/c1-4-16-12-6-5-7-13-14(12)18-15(20-13)11-8-17-19(9-11)10(2)3/h8-10,12,16H,4-7H2,1-3H3. The van der Waals surface area contributed by atoms with Crippen LogP contribution in [0.3, 0.4) is 0 Å². The van der Waals surface area contributed by atoms with Gasteiger partial charge in [-0.15, -0.1) is 11.3 Å². The van der Waals surface area contributed by atoms with Gasteiger partial charge in [0.15, 0.2) is 0 Å². The zero-order valence-electron chi connectivity index (χ0n) is 12.4. The van der Waals surface area contributed by atoms with Crippen LogP contribution in [0.25, 0.3) is 10.6 Å². The van der Waals surface area contributed by atoms with Crippen molar-refractivity contribution in [2.45, 2.75) is 52.1 Å². The molecule has 3 rings (SSSR count). The van der Waals surface area contributed by atoms with Crippen LogP contribution in [0.1, 0.15) is 56.3 Å². The maximum atomic E-state index is 4.90. The average molecular weight is 290 g/mol. The predicted molar refractivity (Wildman–Crippen MR) is 83.1 cm³/mol. The summed E-state index contributed by atoms with van der Waals surface area (Å²) in [5, 5.41) is 9.09. The zero-order chi connectivity index (χ0) is 14.1. The average Bonchev–Trinajstić information content (AvgIpc) is 3.06. The number of aromatic nitrogens is 3. The van der Waals surface area contributed by atoms with Crippen molar-refractivity contribution in [3.05, 3.63) is 23.0 Å². The fourth-order valence-electron chi connectivity index (χ4n) is 2.72. The third-order valence-corrected chi connectivity index (χ3v) is 4.96. The number of hydrogen-bond donors (Lipinski definition) is 1. The zero-order valence-corrected chi connectivity index (χ0v) is 13.2. The Morgan fingerprint density at radius 1 is 1.50 bits per heavy atom. The Kier molecular flexibility index (Phi) is 3.89. The molecule has 2 heterocycles. The molecule has 5 heteroatoms. The Hall–Kier alpha value is -1.20. The van der Waals surface area contributed by atoms with Crippen LogP contribution in [0.2, 0.25) is 0 Å². The van der Waals surface area contributed by atoms with Crippen molar-refractivity contribution < 1.29 is 0 Å². The Balaban J connectivity index is 1.91. The van der Waals surface area contributed by atoms with Crippen LogP contribution in [-0.4, -0.2) is 21.3 Å². The molecule has 0 fully saturated rings. The molecule has 0 radical (unpaired) electrons. The van der Waals surface area contributed by atoms with E-state index in [0.29, 0.717) is 12.1 Å². The number of nitrogens with one attached hydrogen (secondary N) is 1. The van der Waals surface area contributed by atoms with E-state index in [1.54, 1.807) is 0 Å². The van der Waals surface area contributed by atoms with E-state index in [1.165, 1.54) is 29.8 Å². The van der Waals surface area contributed by atoms with E-state index < -0.39 is 0 Å². The first kappa shape index (κ1) is 13.8. The van der Waals surface area contributed by atoms with Crippen LogP contribution in [0.5, 0.6) is 0 Å². The summed E-state index contributed by atoms with van der Waals surface area (Å²) in [6, 6.07) is 0.835. The van der Waals surface area contributed by atoms with E-state index in [4.69, 9.17) is 4.98 Å². The highest BCUT2D eigenvalue weighted by molar-refractivity contribution is 7.15. The Labute approximate surface area is 124 Å². The number of nitrogens with zero attached hydrogens (tertiary/aromatic N) is 3. The van der Waals surface area contributed by atoms with Crippen molar-refractivity contribution >= 4 is 11.3 Å². The normalized spacial score (nSPS) is 18.5. The topological polar surface area (TPSA) is 42.7 Å². The largest absolute Gasteiger partial charge is 0.309 e. The minimum atomic E-state index is 0.396. The molecular weight excluding hydrogens is 268 g/mol. The first-order valence-electron chi connectivity index (χ1n) is 7.46. The molecule has 0 saturated heterocycles. The minimum absolute atomic E-state index is 0.396. The maximum absolute atomic E-state index is 4.90. The van der Waals surface area contributed by atoms with Crippen molar-refractivity contribution in [3.8, 4) is 10.6 Å². The van der Waals surface area contributed by atoms with Gasteiger partial charge in [0.1, 0.15) is 5.01 Å². The summed E-state index contributed by atoms with van der Waals surface area (Å²) in [4.78, 5) is 6.35. The van der Waals surface area contributed by atoms with Crippen LogP contribution < -0.4 is 5.32 Å². The fraction of sp³-hybridized carbons (Fsp3) is 0.600. The highest BCUT2D eigenvalue weighted by Gasteiger charge is 2.24. The van der Waals surface area contributed by atoms with Gasteiger partial charge in [-0.3, -0.25) is 4.68 Å². The quantitative estimate of drug-likeness (QED) is 0.936. The molecule has 2 aromatic heterocycles. The number of hydrogen-bond acceptors (Lipinski definition) is 4. The summed E-state index contributed by atoms with van der Waals surface area (Å²) in [7, 11) is 0. The fourth-order valence-corrected chi connectivity index (χ4v) is 3.86. The lowest BCUT2D eigenvalue weighted by Gasteiger charge is -2.21. The monoisotopic (exact) mass is 290 g/mol. The molecule has 0 aromatic carbocycles. The van der Waals surface area contributed by atoms with Gasteiger partial charge in [-0.05, 0) is 39.7 Å². The van der Waals surface area contributed by atoms with Crippen LogP contribution >= 0.6 is 11.3 Å². The van der Waals surface area contributed by atoms with E-state index in [2.05, 4.69) is 37.4 Å². The molecule has 2 aromatic rings. The third kappa shape index (κ3) is 2.52. The minimum Gasteiger partial charge on any atom is -0.309 e. The third-order valence-electron chi connectivity index (χ3n) is 3.78. The van der Waals surface area contributed by atoms with E-state index in [1.807, 2.05) is 22.2 Å². The molecule has 0 amide bonds. The molecule has 0 spiro atoms. The molecular formula is C15H22N4S. The molecule has 1 atom stereocenters. The lowest BCUT2D eigenvalue weighted by Crippen LogP contribution is -2.24. The van der Waals surface area contributed by atoms with E-state index >= 15 is 0 Å². The van der Waals surface area contributed by atoms with E-state index in [-0.39, 0.29) is 0 Å². The van der Waals surface area contributed by atoms with Crippen molar-refractivity contribution in [2.24, 2.45) is 0 Å². The first-order valence-corrected chi connectivity index (χ1v) is 8.28. The van der Waals surface area contributed by atoms with E-state index in [0.717, 1.165) is 17.1 Å². The second-order valence-corrected chi connectivity index (χ2v) is 6.72. The number of aryl methyl sites for hydroxylation is 1. The molecule has 108 valence electrons. The lowest BCUT2D eigenvalue weighted by molar-refractivity contribution is 0.465. The molecule has 1 N–H and O–H groups in total. The second kappa shape index (κ2) is 5.66. The Bertz CT molecular complexity index is 584. The van der Waals surface area contributed by atoms with Gasteiger partial charge in [0.2, 0.25) is 0 Å². The van der Waals surface area contributed by atoms with Crippen molar-refractivity contribution in [1.29, 1.82) is 0 Å². The van der Waals surface area contributed by atoms with Gasteiger partial charge in [-0.1, -0.05) is 6.92 Å². The Morgan fingerprint density at radius 3 is 3.05 bits per heavy atom. The summed E-state index contributed by atoms with van der Waals surface area (Å²) in [5.41, 5.74) is 2.42. The Morgan fingerprint density at radius 2 is 2.35 bits per heavy atom. The van der Waals surface area contributed by atoms with Crippen LogP contribution in [0.4, 0.5) is 0 Å². The second-order valence-electron chi connectivity index (χ2n) is 5.63. The van der Waals surface area contributed by atoms with Crippen molar-refractivity contribution in [2.75, 3.05) is 6.54 Å².